The quantitative estimate of drug-likeness (QED) is 0.373. The fourth-order valence-electron chi connectivity index (χ4n) is 2.39. The first kappa shape index (κ1) is 18.0. The third-order valence-corrected chi connectivity index (χ3v) is 4.68. The van der Waals surface area contributed by atoms with Crippen LogP contribution in [0.2, 0.25) is 0 Å². The predicted molar refractivity (Wildman–Crippen MR) is 102 cm³/mol. The molecule has 2 aromatic heterocycles. The molecular formula is C19H19N3O3S. The molecule has 0 aliphatic rings. The smallest absolute Gasteiger partial charge is 0.233 e. The number of ketones is 1. The second kappa shape index (κ2) is 8.55. The Hall–Kier alpha value is -2.77. The van der Waals surface area contributed by atoms with E-state index in [4.69, 9.17) is 15.2 Å². The van der Waals surface area contributed by atoms with Crippen LogP contribution in [0.5, 0.6) is 5.88 Å². The Bertz CT molecular complexity index is 864. The monoisotopic (exact) mass is 369 g/mol. The highest BCUT2D eigenvalue weighted by molar-refractivity contribution is 7.13. The number of thiophene rings is 1. The molecule has 0 aliphatic carbocycles. The fraction of sp³-hybridized carbons (Fsp3) is 0.211. The maximum absolute atomic E-state index is 12.5. The summed E-state index contributed by atoms with van der Waals surface area (Å²) in [6, 6.07) is 13.0. The number of hydrogen-bond acceptors (Lipinski definition) is 7. The van der Waals surface area contributed by atoms with Crippen molar-refractivity contribution in [3.63, 3.8) is 0 Å². The molecule has 2 heterocycles. The van der Waals surface area contributed by atoms with E-state index in [0.29, 0.717) is 24.8 Å². The van der Waals surface area contributed by atoms with Crippen LogP contribution in [-0.4, -0.2) is 36.3 Å². The Morgan fingerprint density at radius 1 is 1.15 bits per heavy atom. The largest absolute Gasteiger partial charge is 0.474 e. The van der Waals surface area contributed by atoms with Gasteiger partial charge in [-0.2, -0.15) is 0 Å². The average Bonchev–Trinajstić information content (AvgIpc) is 3.19. The molecule has 0 unspecified atom stereocenters. The van der Waals surface area contributed by atoms with Gasteiger partial charge in [0.05, 0.1) is 6.61 Å². The Morgan fingerprint density at radius 2 is 2.04 bits per heavy atom. The van der Waals surface area contributed by atoms with Gasteiger partial charge in [-0.15, -0.1) is 21.5 Å². The predicted octanol–water partition coefficient (Wildman–Crippen LogP) is 3.24. The summed E-state index contributed by atoms with van der Waals surface area (Å²) >= 11 is 1.64. The van der Waals surface area contributed by atoms with Gasteiger partial charge in [0.1, 0.15) is 12.3 Å². The van der Waals surface area contributed by atoms with Gasteiger partial charge >= 0.3 is 0 Å². The Labute approximate surface area is 155 Å². The molecule has 26 heavy (non-hydrogen) atoms. The minimum Gasteiger partial charge on any atom is -0.474 e. The summed E-state index contributed by atoms with van der Waals surface area (Å²) in [6.45, 7) is 0.840. The number of ether oxygens (including phenoxy) is 2. The van der Waals surface area contributed by atoms with Crippen molar-refractivity contribution >= 4 is 22.8 Å². The molecule has 0 radical (unpaired) electrons. The van der Waals surface area contributed by atoms with Crippen molar-refractivity contribution in [2.45, 2.75) is 6.42 Å². The molecule has 0 saturated carbocycles. The highest BCUT2D eigenvalue weighted by Crippen LogP contribution is 2.28. The number of benzene rings is 1. The number of carbonyl (C=O) groups excluding carboxylic acids is 1. The molecule has 3 aromatic rings. The fourth-order valence-corrected chi connectivity index (χ4v) is 3.12. The van der Waals surface area contributed by atoms with Gasteiger partial charge in [0.25, 0.3) is 0 Å². The summed E-state index contributed by atoms with van der Waals surface area (Å²) in [4.78, 5) is 13.7. The Kier molecular flexibility index (Phi) is 5.93. The molecule has 0 atom stereocenters. The van der Waals surface area contributed by atoms with Crippen molar-refractivity contribution in [2.75, 3.05) is 26.1 Å². The van der Waals surface area contributed by atoms with Gasteiger partial charge in [-0.25, -0.2) is 0 Å². The number of carbonyl (C=O) groups is 1. The number of nitrogen functional groups attached to an aromatic ring is 1. The van der Waals surface area contributed by atoms with Crippen molar-refractivity contribution in [1.29, 1.82) is 0 Å². The highest BCUT2D eigenvalue weighted by Gasteiger charge is 2.13. The molecule has 0 saturated heterocycles. The lowest BCUT2D eigenvalue weighted by Crippen LogP contribution is -2.10. The van der Waals surface area contributed by atoms with Crippen LogP contribution < -0.4 is 10.5 Å². The molecule has 7 heteroatoms. The van der Waals surface area contributed by atoms with Gasteiger partial charge in [-0.3, -0.25) is 4.79 Å². The van der Waals surface area contributed by atoms with Crippen LogP contribution in [0, 0.1) is 0 Å². The first-order chi connectivity index (χ1) is 12.7. The van der Waals surface area contributed by atoms with Gasteiger partial charge in [-0.1, -0.05) is 12.1 Å². The number of nitrogens with zero attached hydrogens (tertiary/aromatic N) is 2. The maximum atomic E-state index is 12.5. The van der Waals surface area contributed by atoms with Crippen LogP contribution in [0.3, 0.4) is 0 Å². The average molecular weight is 369 g/mol. The summed E-state index contributed by atoms with van der Waals surface area (Å²) in [6.07, 6.45) is 0.170. The second-order valence-corrected chi connectivity index (χ2v) is 6.54. The molecule has 6 nitrogen and oxygen atoms in total. The van der Waals surface area contributed by atoms with Crippen LogP contribution >= 0.6 is 11.3 Å². The molecule has 0 amide bonds. The normalized spacial score (nSPS) is 10.7. The van der Waals surface area contributed by atoms with Crippen molar-refractivity contribution in [3.05, 3.63) is 59.1 Å². The van der Waals surface area contributed by atoms with E-state index >= 15 is 0 Å². The number of nitrogens with two attached hydrogens (primary N) is 1. The number of hydrogen-bond donors (Lipinski definition) is 1. The van der Waals surface area contributed by atoms with E-state index in [1.54, 1.807) is 30.6 Å². The first-order valence-corrected chi connectivity index (χ1v) is 8.96. The topological polar surface area (TPSA) is 87.3 Å². The molecule has 134 valence electrons. The Morgan fingerprint density at radius 3 is 2.73 bits per heavy atom. The lowest BCUT2D eigenvalue weighted by atomic mass is 10.0. The zero-order valence-corrected chi connectivity index (χ0v) is 15.2. The molecule has 1 aromatic carbocycles. The lowest BCUT2D eigenvalue weighted by molar-refractivity contribution is 0.0986. The summed E-state index contributed by atoms with van der Waals surface area (Å²) in [5, 5.41) is 9.88. The number of Topliss-reactive ketones (excluding diaryl/α,β-unsaturated/α-hetero) is 1. The van der Waals surface area contributed by atoms with E-state index in [-0.39, 0.29) is 17.9 Å². The van der Waals surface area contributed by atoms with Crippen molar-refractivity contribution in [2.24, 2.45) is 0 Å². The SMILES string of the molecule is COCCOc1ccc(C(=O)Cc2cc(-c3cccs3)ccc2N)nn1. The molecule has 2 N–H and O–H groups in total. The number of aromatic nitrogens is 2. The number of rotatable bonds is 8. The van der Waals surface area contributed by atoms with E-state index in [1.165, 1.54) is 0 Å². The first-order valence-electron chi connectivity index (χ1n) is 8.08. The highest BCUT2D eigenvalue weighted by atomic mass is 32.1. The minimum atomic E-state index is -0.143. The molecule has 0 bridgehead atoms. The zero-order valence-electron chi connectivity index (χ0n) is 14.3. The molecule has 0 fully saturated rings. The summed E-state index contributed by atoms with van der Waals surface area (Å²) in [5.41, 5.74) is 8.74. The number of methoxy groups -OCH3 is 1. The van der Waals surface area contributed by atoms with Crippen molar-refractivity contribution in [3.8, 4) is 16.3 Å². The van der Waals surface area contributed by atoms with Crippen LogP contribution in [0.15, 0.2) is 47.8 Å². The van der Waals surface area contributed by atoms with Crippen molar-refractivity contribution in [1.82, 2.24) is 10.2 Å². The van der Waals surface area contributed by atoms with Gasteiger partial charge in [-0.05, 0) is 40.8 Å². The van der Waals surface area contributed by atoms with Crippen LogP contribution in [0.25, 0.3) is 10.4 Å². The maximum Gasteiger partial charge on any atom is 0.233 e. The van der Waals surface area contributed by atoms with Gasteiger partial charge in [0.15, 0.2) is 5.78 Å². The van der Waals surface area contributed by atoms with Crippen LogP contribution in [-0.2, 0) is 11.2 Å². The van der Waals surface area contributed by atoms with Gasteiger partial charge in [0, 0.05) is 30.2 Å². The van der Waals surface area contributed by atoms with E-state index in [9.17, 15) is 4.79 Å². The van der Waals surface area contributed by atoms with Crippen LogP contribution in [0.1, 0.15) is 16.1 Å². The minimum absolute atomic E-state index is 0.143. The lowest BCUT2D eigenvalue weighted by Gasteiger charge is -2.08. The van der Waals surface area contributed by atoms with E-state index in [0.717, 1.165) is 16.0 Å². The Balaban J connectivity index is 1.70. The number of anilines is 1. The zero-order chi connectivity index (χ0) is 18.4. The summed E-state index contributed by atoms with van der Waals surface area (Å²) < 4.78 is 10.2. The van der Waals surface area contributed by atoms with E-state index < -0.39 is 0 Å². The van der Waals surface area contributed by atoms with E-state index in [2.05, 4.69) is 10.2 Å². The van der Waals surface area contributed by atoms with Gasteiger partial charge in [0.2, 0.25) is 5.88 Å². The summed E-state index contributed by atoms with van der Waals surface area (Å²) in [5.74, 6) is 0.216. The van der Waals surface area contributed by atoms with E-state index in [1.807, 2.05) is 35.7 Å². The standard InChI is InChI=1S/C19H19N3O3S/c1-24-8-9-25-19-7-6-16(21-22-19)17(23)12-14-11-13(4-5-15(14)20)18-3-2-10-26-18/h2-7,10-11H,8-9,12,20H2,1H3. The molecule has 3 rings (SSSR count). The second-order valence-electron chi connectivity index (χ2n) is 5.59. The van der Waals surface area contributed by atoms with Gasteiger partial charge < -0.3 is 15.2 Å². The molecule has 0 spiro atoms. The van der Waals surface area contributed by atoms with Crippen LogP contribution in [0.4, 0.5) is 5.69 Å². The van der Waals surface area contributed by atoms with Crippen molar-refractivity contribution < 1.29 is 14.3 Å². The third kappa shape index (κ3) is 4.44. The summed E-state index contributed by atoms with van der Waals surface area (Å²) in [7, 11) is 1.59. The third-order valence-electron chi connectivity index (χ3n) is 3.76. The molecular weight excluding hydrogens is 350 g/mol. The molecule has 0 aliphatic heterocycles.